The van der Waals surface area contributed by atoms with Gasteiger partial charge in [0.15, 0.2) is 17.5 Å². The first-order chi connectivity index (χ1) is 31.2. The molecule has 294 valence electrons. The van der Waals surface area contributed by atoms with Crippen LogP contribution in [0.25, 0.3) is 128 Å². The van der Waals surface area contributed by atoms with Gasteiger partial charge in [0, 0.05) is 43.6 Å². The fraction of sp³-hybridized carbons (Fsp3) is 0. The average Bonchev–Trinajstić information content (AvgIpc) is 4.04. The molecule has 0 fully saturated rings. The maximum absolute atomic E-state index is 6.67. The third-order valence-electron chi connectivity index (χ3n) is 12.3. The third kappa shape index (κ3) is 5.62. The van der Waals surface area contributed by atoms with Gasteiger partial charge in [0.25, 0.3) is 0 Å². The van der Waals surface area contributed by atoms with Crippen molar-refractivity contribution in [2.45, 2.75) is 0 Å². The summed E-state index contributed by atoms with van der Waals surface area (Å²) in [6.07, 6.45) is 0. The number of furan rings is 2. The Bertz CT molecular complexity index is 3850. The Morgan fingerprint density at radius 3 is 1.49 bits per heavy atom. The lowest BCUT2D eigenvalue weighted by Crippen LogP contribution is -2.00. The number of fused-ring (bicyclic) bond motifs is 9. The molecule has 0 radical (unpaired) electrons. The van der Waals surface area contributed by atoms with E-state index in [0.717, 1.165) is 99.5 Å². The summed E-state index contributed by atoms with van der Waals surface area (Å²) in [4.78, 5) is 15.4. The monoisotopic (exact) mass is 806 g/mol. The molecule has 9 aromatic carbocycles. The van der Waals surface area contributed by atoms with E-state index in [1.54, 1.807) is 0 Å². The molecule has 4 heterocycles. The summed E-state index contributed by atoms with van der Waals surface area (Å²) in [6.45, 7) is 0. The van der Waals surface area contributed by atoms with Gasteiger partial charge in [-0.25, -0.2) is 15.0 Å². The number of benzene rings is 9. The highest BCUT2D eigenvalue weighted by molar-refractivity contribution is 6.19. The molecule has 0 saturated heterocycles. The Kier molecular flexibility index (Phi) is 7.80. The number of rotatable bonds is 6. The zero-order valence-electron chi connectivity index (χ0n) is 33.7. The molecular formula is C57H34N4O2. The van der Waals surface area contributed by atoms with Crippen LogP contribution in [0.4, 0.5) is 0 Å². The molecule has 4 aromatic heterocycles. The molecule has 6 heteroatoms. The van der Waals surface area contributed by atoms with Gasteiger partial charge in [0.2, 0.25) is 0 Å². The average molecular weight is 807 g/mol. The first-order valence-electron chi connectivity index (χ1n) is 21.1. The Morgan fingerprint density at radius 2 is 0.794 bits per heavy atom. The molecule has 6 nitrogen and oxygen atoms in total. The van der Waals surface area contributed by atoms with Gasteiger partial charge in [-0.1, -0.05) is 158 Å². The SMILES string of the molecule is c1ccc(-c2ccc(-c3nc(-c4ccccc4)nc(-c4cccc5oc6ccc(-c7cccc8oc9cccc(-n%10c%11ccccc%11c%11ccccc%11%10)c9c78)cc6c45)n3)cc2)cc1. The number of nitrogens with zero attached hydrogens (tertiary/aromatic N) is 4. The molecule has 63 heavy (non-hydrogen) atoms. The highest BCUT2D eigenvalue weighted by Crippen LogP contribution is 2.44. The summed E-state index contributed by atoms with van der Waals surface area (Å²) in [5.41, 5.74) is 13.7. The van der Waals surface area contributed by atoms with Gasteiger partial charge in [0.1, 0.15) is 22.3 Å². The lowest BCUT2D eigenvalue weighted by Gasteiger charge is -2.11. The number of aromatic nitrogens is 4. The third-order valence-corrected chi connectivity index (χ3v) is 12.3. The van der Waals surface area contributed by atoms with Crippen LogP contribution in [0.5, 0.6) is 0 Å². The molecule has 13 aromatic rings. The molecule has 0 bridgehead atoms. The molecule has 0 N–H and O–H groups in total. The Hall–Kier alpha value is -8.61. The van der Waals surface area contributed by atoms with Crippen molar-refractivity contribution in [1.82, 2.24) is 19.5 Å². The highest BCUT2D eigenvalue weighted by atomic mass is 16.3. The summed E-state index contributed by atoms with van der Waals surface area (Å²) >= 11 is 0. The van der Waals surface area contributed by atoms with Crippen LogP contribution in [0.1, 0.15) is 0 Å². The van der Waals surface area contributed by atoms with E-state index in [9.17, 15) is 0 Å². The minimum absolute atomic E-state index is 0.573. The highest BCUT2D eigenvalue weighted by Gasteiger charge is 2.22. The number of para-hydroxylation sites is 2. The van der Waals surface area contributed by atoms with E-state index in [-0.39, 0.29) is 0 Å². The number of hydrogen-bond acceptors (Lipinski definition) is 5. The Morgan fingerprint density at radius 1 is 0.302 bits per heavy atom. The Labute approximate surface area is 361 Å². The summed E-state index contributed by atoms with van der Waals surface area (Å²) in [5.74, 6) is 1.77. The van der Waals surface area contributed by atoms with Gasteiger partial charge in [-0.05, 0) is 70.8 Å². The van der Waals surface area contributed by atoms with E-state index < -0.39 is 0 Å². The molecule has 0 atom stereocenters. The summed E-state index contributed by atoms with van der Waals surface area (Å²) in [7, 11) is 0. The Balaban J connectivity index is 1.01. The zero-order valence-corrected chi connectivity index (χ0v) is 33.7. The van der Waals surface area contributed by atoms with Crippen LogP contribution >= 0.6 is 0 Å². The van der Waals surface area contributed by atoms with Gasteiger partial charge < -0.3 is 13.4 Å². The molecular weight excluding hydrogens is 773 g/mol. The fourth-order valence-electron chi connectivity index (χ4n) is 9.42. The molecule has 0 aliphatic rings. The van der Waals surface area contributed by atoms with Crippen molar-refractivity contribution in [2.75, 3.05) is 0 Å². The summed E-state index contributed by atoms with van der Waals surface area (Å²) < 4.78 is 15.6. The minimum Gasteiger partial charge on any atom is -0.456 e. The standard InChI is InChI=1S/C57H34N4O2/c1-3-14-35(15-4-1)36-28-30-38(31-29-36)56-58-55(37-16-5-2-6-17-37)59-57(60-56)43-21-12-25-49-52(43)44-34-39(32-33-48(44)62-49)40-20-11-26-50-53(40)54-47(24-13-27-51(54)63-50)61-45-22-9-7-18-41(45)42-19-8-10-23-46(42)61/h1-34H. The van der Waals surface area contributed by atoms with Crippen LogP contribution in [-0.2, 0) is 0 Å². The zero-order chi connectivity index (χ0) is 41.4. The molecule has 0 aliphatic heterocycles. The topological polar surface area (TPSA) is 69.9 Å². The number of hydrogen-bond donors (Lipinski definition) is 0. The molecule has 0 unspecified atom stereocenters. The van der Waals surface area contributed by atoms with Crippen LogP contribution in [-0.4, -0.2) is 19.5 Å². The van der Waals surface area contributed by atoms with E-state index in [1.807, 2.05) is 48.5 Å². The molecule has 0 aliphatic carbocycles. The normalized spacial score (nSPS) is 11.8. The second-order valence-electron chi connectivity index (χ2n) is 15.9. The maximum atomic E-state index is 6.67. The summed E-state index contributed by atoms with van der Waals surface area (Å²) in [5, 5.41) is 6.48. The minimum atomic E-state index is 0.573. The predicted molar refractivity (Wildman–Crippen MR) is 256 cm³/mol. The van der Waals surface area contributed by atoms with Crippen LogP contribution in [0.3, 0.4) is 0 Å². The van der Waals surface area contributed by atoms with Crippen molar-refractivity contribution < 1.29 is 8.83 Å². The second kappa shape index (κ2) is 14.0. The van der Waals surface area contributed by atoms with Crippen molar-refractivity contribution in [3.05, 3.63) is 206 Å². The lowest BCUT2D eigenvalue weighted by molar-refractivity contribution is 0.668. The smallest absolute Gasteiger partial charge is 0.164 e. The van der Waals surface area contributed by atoms with Crippen LogP contribution in [0.15, 0.2) is 215 Å². The van der Waals surface area contributed by atoms with Gasteiger partial charge in [-0.3, -0.25) is 0 Å². The predicted octanol–water partition coefficient (Wildman–Crippen LogP) is 15.1. The van der Waals surface area contributed by atoms with E-state index in [0.29, 0.717) is 17.5 Å². The van der Waals surface area contributed by atoms with Crippen molar-refractivity contribution in [3.8, 4) is 62.1 Å². The van der Waals surface area contributed by atoms with E-state index in [1.165, 1.54) is 10.8 Å². The van der Waals surface area contributed by atoms with Crippen molar-refractivity contribution in [3.63, 3.8) is 0 Å². The lowest BCUT2D eigenvalue weighted by atomic mass is 9.96. The van der Waals surface area contributed by atoms with Gasteiger partial charge in [-0.2, -0.15) is 0 Å². The largest absolute Gasteiger partial charge is 0.456 e. The van der Waals surface area contributed by atoms with Crippen LogP contribution in [0.2, 0.25) is 0 Å². The fourth-order valence-corrected chi connectivity index (χ4v) is 9.42. The molecule has 13 rings (SSSR count). The van der Waals surface area contributed by atoms with E-state index in [4.69, 9.17) is 23.8 Å². The first-order valence-corrected chi connectivity index (χ1v) is 21.1. The maximum Gasteiger partial charge on any atom is 0.164 e. The quantitative estimate of drug-likeness (QED) is 0.167. The van der Waals surface area contributed by atoms with Crippen LogP contribution in [0, 0.1) is 0 Å². The van der Waals surface area contributed by atoms with Gasteiger partial charge in [0.05, 0.1) is 22.1 Å². The van der Waals surface area contributed by atoms with Crippen LogP contribution < -0.4 is 0 Å². The second-order valence-corrected chi connectivity index (χ2v) is 15.9. The van der Waals surface area contributed by atoms with E-state index >= 15 is 0 Å². The molecule has 0 saturated carbocycles. The first kappa shape index (κ1) is 35.2. The summed E-state index contributed by atoms with van der Waals surface area (Å²) in [6, 6.07) is 71.4. The van der Waals surface area contributed by atoms with Gasteiger partial charge >= 0.3 is 0 Å². The molecule has 0 spiro atoms. The van der Waals surface area contributed by atoms with Crippen molar-refractivity contribution in [1.29, 1.82) is 0 Å². The van der Waals surface area contributed by atoms with E-state index in [2.05, 4.69) is 162 Å². The van der Waals surface area contributed by atoms with Gasteiger partial charge in [-0.15, -0.1) is 0 Å². The van der Waals surface area contributed by atoms with Crippen molar-refractivity contribution in [2.24, 2.45) is 0 Å². The molecule has 0 amide bonds. The van der Waals surface area contributed by atoms with Crippen molar-refractivity contribution >= 4 is 65.7 Å².